The third kappa shape index (κ3) is 5.10. The molecule has 0 aliphatic carbocycles. The normalized spacial score (nSPS) is 11.3. The van der Waals surface area contributed by atoms with E-state index in [0.29, 0.717) is 11.5 Å². The lowest BCUT2D eigenvalue weighted by Gasteiger charge is -2.15. The highest BCUT2D eigenvalue weighted by Crippen LogP contribution is 2.27. The Bertz CT molecular complexity index is 895. The average molecular weight is 409 g/mol. The smallest absolute Gasteiger partial charge is 0.339 e. The van der Waals surface area contributed by atoms with E-state index in [-0.39, 0.29) is 22.0 Å². The topological polar surface area (TPSA) is 117 Å². The number of esters is 1. The van der Waals surface area contributed by atoms with Gasteiger partial charge in [0.15, 0.2) is 6.10 Å². The second kappa shape index (κ2) is 9.05. The molecule has 1 amide bonds. The molecule has 1 N–H and O–H groups in total. The Morgan fingerprint density at radius 1 is 1.11 bits per heavy atom. The second-order valence-corrected chi connectivity index (χ2v) is 5.97. The van der Waals surface area contributed by atoms with Gasteiger partial charge >= 0.3 is 5.97 Å². The van der Waals surface area contributed by atoms with Crippen LogP contribution in [0.2, 0.25) is 5.02 Å². The van der Waals surface area contributed by atoms with E-state index in [1.165, 1.54) is 45.4 Å². The molecule has 1 unspecified atom stereocenters. The van der Waals surface area contributed by atoms with Crippen molar-refractivity contribution >= 4 is 34.9 Å². The van der Waals surface area contributed by atoms with Crippen LogP contribution in [0.5, 0.6) is 11.5 Å². The van der Waals surface area contributed by atoms with Crippen molar-refractivity contribution in [2.45, 2.75) is 13.0 Å². The minimum absolute atomic E-state index is 0.0152. The summed E-state index contributed by atoms with van der Waals surface area (Å²) in [6.45, 7) is 1.38. The molecule has 28 heavy (non-hydrogen) atoms. The molecule has 0 bridgehead atoms. The summed E-state index contributed by atoms with van der Waals surface area (Å²) in [5, 5.41) is 13.2. The van der Waals surface area contributed by atoms with Crippen LogP contribution in [0, 0.1) is 10.1 Å². The highest BCUT2D eigenvalue weighted by Gasteiger charge is 2.21. The Morgan fingerprint density at radius 2 is 1.71 bits per heavy atom. The standard InChI is InChI=1S/C18H17ClN2O7/c1-10(17(22)20-16-5-4-12(21(24)25)8-15(16)19)28-18(23)11-6-13(26-2)9-14(7-11)27-3/h4-10H,1-3H3,(H,20,22). The van der Waals surface area contributed by atoms with Crippen LogP contribution in [0.25, 0.3) is 0 Å². The molecule has 2 aromatic carbocycles. The van der Waals surface area contributed by atoms with E-state index in [9.17, 15) is 19.7 Å². The van der Waals surface area contributed by atoms with E-state index in [1.54, 1.807) is 6.07 Å². The first-order valence-corrected chi connectivity index (χ1v) is 8.31. The van der Waals surface area contributed by atoms with Gasteiger partial charge in [0.25, 0.3) is 11.6 Å². The summed E-state index contributed by atoms with van der Waals surface area (Å²) >= 11 is 5.94. The zero-order chi connectivity index (χ0) is 20.8. The molecule has 0 radical (unpaired) electrons. The third-order valence-electron chi connectivity index (χ3n) is 3.66. The van der Waals surface area contributed by atoms with Crippen LogP contribution in [0.3, 0.4) is 0 Å². The number of nitrogens with zero attached hydrogens (tertiary/aromatic N) is 1. The van der Waals surface area contributed by atoms with Gasteiger partial charge in [0.2, 0.25) is 0 Å². The Morgan fingerprint density at radius 3 is 2.21 bits per heavy atom. The van der Waals surface area contributed by atoms with Crippen molar-refractivity contribution in [3.8, 4) is 11.5 Å². The summed E-state index contributed by atoms with van der Waals surface area (Å²) in [5.74, 6) is -0.629. The lowest BCUT2D eigenvalue weighted by molar-refractivity contribution is -0.384. The minimum Gasteiger partial charge on any atom is -0.497 e. The third-order valence-corrected chi connectivity index (χ3v) is 3.97. The van der Waals surface area contributed by atoms with Gasteiger partial charge in [-0.25, -0.2) is 4.79 Å². The van der Waals surface area contributed by atoms with Gasteiger partial charge in [-0.1, -0.05) is 11.6 Å². The van der Waals surface area contributed by atoms with E-state index in [2.05, 4.69) is 5.32 Å². The first kappa shape index (κ1) is 21.0. The Kier molecular flexibility index (Phi) is 6.78. The van der Waals surface area contributed by atoms with Crippen molar-refractivity contribution < 1.29 is 28.7 Å². The lowest BCUT2D eigenvalue weighted by Crippen LogP contribution is -2.30. The molecule has 0 saturated heterocycles. The number of amides is 1. The molecular weight excluding hydrogens is 392 g/mol. The summed E-state index contributed by atoms with van der Waals surface area (Å²) < 4.78 is 15.3. The molecule has 9 nitrogen and oxygen atoms in total. The van der Waals surface area contributed by atoms with E-state index in [4.69, 9.17) is 25.8 Å². The van der Waals surface area contributed by atoms with Crippen molar-refractivity contribution in [3.63, 3.8) is 0 Å². The van der Waals surface area contributed by atoms with E-state index < -0.39 is 22.9 Å². The van der Waals surface area contributed by atoms with Crippen LogP contribution in [0.1, 0.15) is 17.3 Å². The average Bonchev–Trinajstić information content (AvgIpc) is 2.68. The van der Waals surface area contributed by atoms with Gasteiger partial charge in [0, 0.05) is 18.2 Å². The number of non-ortho nitro benzene ring substituents is 1. The minimum atomic E-state index is -1.16. The van der Waals surface area contributed by atoms with E-state index >= 15 is 0 Å². The number of hydrogen-bond acceptors (Lipinski definition) is 7. The van der Waals surface area contributed by atoms with Crippen molar-refractivity contribution in [1.29, 1.82) is 0 Å². The summed E-state index contributed by atoms with van der Waals surface area (Å²) in [6, 6.07) is 8.08. The number of ether oxygens (including phenoxy) is 3. The maximum atomic E-state index is 12.3. The van der Waals surface area contributed by atoms with Gasteiger partial charge in [0.1, 0.15) is 11.5 Å². The van der Waals surface area contributed by atoms with Crippen LogP contribution in [0.15, 0.2) is 36.4 Å². The molecule has 10 heteroatoms. The van der Waals surface area contributed by atoms with Crippen molar-refractivity contribution in [2.24, 2.45) is 0 Å². The largest absolute Gasteiger partial charge is 0.497 e. The van der Waals surface area contributed by atoms with Gasteiger partial charge < -0.3 is 19.5 Å². The highest BCUT2D eigenvalue weighted by atomic mass is 35.5. The fraction of sp³-hybridized carbons (Fsp3) is 0.222. The molecule has 0 aliphatic heterocycles. The van der Waals surface area contributed by atoms with Gasteiger partial charge in [-0.15, -0.1) is 0 Å². The van der Waals surface area contributed by atoms with Crippen LogP contribution < -0.4 is 14.8 Å². The van der Waals surface area contributed by atoms with Crippen molar-refractivity contribution in [1.82, 2.24) is 0 Å². The number of rotatable bonds is 7. The number of nitro benzene ring substituents is 1. The number of nitrogens with one attached hydrogen (secondary N) is 1. The molecule has 2 rings (SSSR count). The number of carbonyl (C=O) groups excluding carboxylic acids is 2. The number of nitro groups is 1. The van der Waals surface area contributed by atoms with Gasteiger partial charge in [-0.05, 0) is 25.1 Å². The summed E-state index contributed by atoms with van der Waals surface area (Å²) in [4.78, 5) is 34.7. The predicted octanol–water partition coefficient (Wildman–Crippen LogP) is 3.45. The quantitative estimate of drug-likeness (QED) is 0.423. The van der Waals surface area contributed by atoms with Crippen molar-refractivity contribution in [3.05, 3.63) is 57.1 Å². The van der Waals surface area contributed by atoms with E-state index in [1.807, 2.05) is 0 Å². The van der Waals surface area contributed by atoms with Gasteiger partial charge in [0.05, 0.1) is 35.4 Å². The summed E-state index contributed by atoms with van der Waals surface area (Å²) in [7, 11) is 2.88. The lowest BCUT2D eigenvalue weighted by atomic mass is 10.2. The van der Waals surface area contributed by atoms with Crippen LogP contribution in [-0.4, -0.2) is 37.1 Å². The Labute approximate surface area is 165 Å². The van der Waals surface area contributed by atoms with Crippen LogP contribution in [0.4, 0.5) is 11.4 Å². The molecule has 0 aromatic heterocycles. The highest BCUT2D eigenvalue weighted by molar-refractivity contribution is 6.34. The fourth-order valence-corrected chi connectivity index (χ4v) is 2.38. The molecule has 0 heterocycles. The van der Waals surface area contributed by atoms with Crippen LogP contribution in [-0.2, 0) is 9.53 Å². The maximum Gasteiger partial charge on any atom is 0.339 e. The molecule has 2 aromatic rings. The number of methoxy groups -OCH3 is 2. The Hall–Kier alpha value is -3.33. The molecule has 148 valence electrons. The molecule has 0 spiro atoms. The van der Waals surface area contributed by atoms with E-state index in [0.717, 1.165) is 6.07 Å². The second-order valence-electron chi connectivity index (χ2n) is 5.56. The monoisotopic (exact) mass is 408 g/mol. The first-order valence-electron chi connectivity index (χ1n) is 7.94. The maximum absolute atomic E-state index is 12.3. The summed E-state index contributed by atoms with van der Waals surface area (Å²) in [6.07, 6.45) is -1.16. The van der Waals surface area contributed by atoms with Gasteiger partial charge in [-0.2, -0.15) is 0 Å². The number of anilines is 1. The van der Waals surface area contributed by atoms with Crippen molar-refractivity contribution in [2.75, 3.05) is 19.5 Å². The zero-order valence-corrected chi connectivity index (χ0v) is 16.0. The zero-order valence-electron chi connectivity index (χ0n) is 15.2. The van der Waals surface area contributed by atoms with Gasteiger partial charge in [-0.3, -0.25) is 14.9 Å². The number of hydrogen-bond donors (Lipinski definition) is 1. The number of carbonyl (C=O) groups is 2. The first-order chi connectivity index (χ1) is 13.2. The molecule has 0 aliphatic rings. The molecule has 1 atom stereocenters. The molecular formula is C18H17ClN2O7. The SMILES string of the molecule is COc1cc(OC)cc(C(=O)OC(C)C(=O)Nc2ccc([N+](=O)[O-])cc2Cl)c1. The number of halogens is 1. The summed E-state index contributed by atoms with van der Waals surface area (Å²) in [5.41, 5.74) is 0.0851. The molecule has 0 saturated carbocycles. The predicted molar refractivity (Wildman–Crippen MR) is 101 cm³/mol. The molecule has 0 fully saturated rings. The van der Waals surface area contributed by atoms with Crippen LogP contribution >= 0.6 is 11.6 Å². The fourth-order valence-electron chi connectivity index (χ4n) is 2.16. The Balaban J connectivity index is 2.08. The number of benzene rings is 2.